The predicted molar refractivity (Wildman–Crippen MR) is 114 cm³/mol. The first kappa shape index (κ1) is 19.3. The van der Waals surface area contributed by atoms with Gasteiger partial charge in [-0.3, -0.25) is 9.59 Å². The molecule has 0 radical (unpaired) electrons. The van der Waals surface area contributed by atoms with Gasteiger partial charge in [0.25, 0.3) is 11.4 Å². The lowest BCUT2D eigenvalue weighted by Crippen LogP contribution is -2.28. The molecule has 0 spiro atoms. The Morgan fingerprint density at radius 1 is 1.00 bits per heavy atom. The number of carbonyl (C=O) groups is 1. The number of nitrogens with one attached hydrogen (secondary N) is 1. The quantitative estimate of drug-likeness (QED) is 0.550. The van der Waals surface area contributed by atoms with Gasteiger partial charge in [0.15, 0.2) is 0 Å². The molecule has 0 aliphatic carbocycles. The van der Waals surface area contributed by atoms with Crippen LogP contribution in [-0.4, -0.2) is 20.6 Å². The molecule has 7 nitrogen and oxygen atoms in total. The van der Waals surface area contributed by atoms with Crippen molar-refractivity contribution in [1.82, 2.24) is 14.7 Å². The van der Waals surface area contributed by atoms with Crippen LogP contribution >= 0.6 is 0 Å². The smallest absolute Gasteiger partial charge is 0.263 e. The van der Waals surface area contributed by atoms with Gasteiger partial charge < -0.3 is 14.4 Å². The largest absolute Gasteiger partial charge is 0.333 e. The van der Waals surface area contributed by atoms with Gasteiger partial charge in [0, 0.05) is 17.4 Å². The minimum atomic E-state index is -0.378. The van der Waals surface area contributed by atoms with Gasteiger partial charge in [0.1, 0.15) is 12.1 Å². The highest BCUT2D eigenvalue weighted by atomic mass is 16.5. The minimum Gasteiger partial charge on any atom is -0.333 e. The van der Waals surface area contributed by atoms with Gasteiger partial charge in [-0.2, -0.15) is 4.98 Å². The van der Waals surface area contributed by atoms with Gasteiger partial charge in [0.05, 0.1) is 0 Å². The zero-order chi connectivity index (χ0) is 21.1. The molecule has 0 aliphatic rings. The van der Waals surface area contributed by atoms with Crippen LogP contribution in [0.3, 0.4) is 0 Å². The van der Waals surface area contributed by atoms with Gasteiger partial charge >= 0.3 is 0 Å². The van der Waals surface area contributed by atoms with Crippen molar-refractivity contribution in [3.8, 4) is 22.8 Å². The number of carbonyl (C=O) groups excluding carboxylic acids is 1. The molecule has 150 valence electrons. The molecule has 4 rings (SSSR count). The lowest BCUT2D eigenvalue weighted by molar-refractivity contribution is -0.116. The number of aromatic nitrogens is 3. The molecule has 1 N–H and O–H groups in total. The molecular weight excluding hydrogens is 380 g/mol. The maximum Gasteiger partial charge on any atom is 0.263 e. The topological polar surface area (TPSA) is 90.0 Å². The van der Waals surface area contributed by atoms with Crippen molar-refractivity contribution in [1.29, 1.82) is 0 Å². The summed E-state index contributed by atoms with van der Waals surface area (Å²) in [5.41, 5.74) is 3.48. The molecular formula is C23H20N4O3. The lowest BCUT2D eigenvalue weighted by atomic mass is 10.1. The maximum atomic E-state index is 12.9. The number of nitrogens with zero attached hydrogens (tertiary/aromatic N) is 3. The van der Waals surface area contributed by atoms with E-state index in [1.54, 1.807) is 18.3 Å². The highest BCUT2D eigenvalue weighted by Gasteiger charge is 2.16. The Hall–Kier alpha value is -4.00. The van der Waals surface area contributed by atoms with E-state index in [1.165, 1.54) is 4.57 Å². The van der Waals surface area contributed by atoms with E-state index in [9.17, 15) is 9.59 Å². The fraction of sp³-hybridized carbons (Fsp3) is 0.130. The van der Waals surface area contributed by atoms with Gasteiger partial charge in [-0.15, -0.1) is 0 Å². The van der Waals surface area contributed by atoms with E-state index in [0.29, 0.717) is 11.5 Å². The molecule has 4 aromatic rings. The molecule has 0 saturated carbocycles. The number of aryl methyl sites for hydroxylation is 2. The number of anilines is 1. The number of rotatable bonds is 5. The number of amides is 1. The van der Waals surface area contributed by atoms with Crippen molar-refractivity contribution in [2.75, 3.05) is 5.32 Å². The average Bonchev–Trinajstić information content (AvgIpc) is 3.21. The molecule has 0 aliphatic heterocycles. The fourth-order valence-electron chi connectivity index (χ4n) is 3.08. The Bertz CT molecular complexity index is 1260. The van der Waals surface area contributed by atoms with Gasteiger partial charge in [-0.05, 0) is 43.7 Å². The Labute approximate surface area is 173 Å². The van der Waals surface area contributed by atoms with E-state index in [4.69, 9.17) is 4.52 Å². The zero-order valence-corrected chi connectivity index (χ0v) is 16.6. The summed E-state index contributed by atoms with van der Waals surface area (Å²) in [6.45, 7) is 3.80. The summed E-state index contributed by atoms with van der Waals surface area (Å²) in [5, 5.41) is 6.79. The van der Waals surface area contributed by atoms with E-state index in [2.05, 4.69) is 15.5 Å². The summed E-state index contributed by atoms with van der Waals surface area (Å²) in [5.74, 6) is 0.228. The summed E-state index contributed by atoms with van der Waals surface area (Å²) >= 11 is 0. The molecule has 2 heterocycles. The minimum absolute atomic E-state index is 0.117. The summed E-state index contributed by atoms with van der Waals surface area (Å²) < 4.78 is 6.65. The van der Waals surface area contributed by atoms with E-state index < -0.39 is 0 Å². The molecule has 0 saturated heterocycles. The second kappa shape index (κ2) is 8.16. The first-order valence-electron chi connectivity index (χ1n) is 9.47. The van der Waals surface area contributed by atoms with Crippen LogP contribution in [0.15, 0.2) is 76.2 Å². The van der Waals surface area contributed by atoms with Crippen LogP contribution in [-0.2, 0) is 11.3 Å². The Kier molecular flexibility index (Phi) is 5.26. The summed E-state index contributed by atoms with van der Waals surface area (Å²) in [6, 6.07) is 18.4. The standard InChI is InChI=1S/C23H20N4O3/c1-15-9-11-17(12-10-15)24-20(28)14-27-13-5-8-19(23(27)29)22-25-21(26-30-22)18-7-4-3-6-16(18)2/h3-13H,14H2,1-2H3,(H,24,28). The SMILES string of the molecule is Cc1ccc(NC(=O)Cn2cccc(-c3nc(-c4ccccc4C)no3)c2=O)cc1. The van der Waals surface area contributed by atoms with Crippen LogP contribution in [0.25, 0.3) is 22.8 Å². The van der Waals surface area contributed by atoms with Gasteiger partial charge in [-0.25, -0.2) is 0 Å². The predicted octanol–water partition coefficient (Wildman–Crippen LogP) is 3.82. The summed E-state index contributed by atoms with van der Waals surface area (Å²) in [6.07, 6.45) is 1.55. The summed E-state index contributed by atoms with van der Waals surface area (Å²) in [7, 11) is 0. The van der Waals surface area contributed by atoms with E-state index in [0.717, 1.165) is 16.7 Å². The van der Waals surface area contributed by atoms with E-state index in [-0.39, 0.29) is 29.5 Å². The maximum absolute atomic E-state index is 12.9. The normalized spacial score (nSPS) is 10.7. The molecule has 0 fully saturated rings. The highest BCUT2D eigenvalue weighted by Crippen LogP contribution is 2.22. The Morgan fingerprint density at radius 2 is 1.73 bits per heavy atom. The zero-order valence-electron chi connectivity index (χ0n) is 16.6. The van der Waals surface area contributed by atoms with Crippen LogP contribution in [0.2, 0.25) is 0 Å². The molecule has 2 aromatic heterocycles. The first-order valence-corrected chi connectivity index (χ1v) is 9.47. The third-order valence-electron chi connectivity index (χ3n) is 4.71. The van der Waals surface area contributed by atoms with Crippen molar-refractivity contribution in [3.05, 3.63) is 88.3 Å². The molecule has 1 amide bonds. The van der Waals surface area contributed by atoms with Crippen molar-refractivity contribution >= 4 is 11.6 Å². The molecule has 7 heteroatoms. The van der Waals surface area contributed by atoms with Crippen molar-refractivity contribution in [2.45, 2.75) is 20.4 Å². The molecule has 2 aromatic carbocycles. The second-order valence-corrected chi connectivity index (χ2v) is 7.01. The second-order valence-electron chi connectivity index (χ2n) is 7.01. The van der Waals surface area contributed by atoms with Crippen LogP contribution in [0.1, 0.15) is 11.1 Å². The first-order chi connectivity index (χ1) is 14.5. The Balaban J connectivity index is 1.56. The van der Waals surface area contributed by atoms with Gasteiger partial charge in [0.2, 0.25) is 11.7 Å². The van der Waals surface area contributed by atoms with Crippen molar-refractivity contribution in [2.24, 2.45) is 0 Å². The van der Waals surface area contributed by atoms with E-state index in [1.807, 2.05) is 62.4 Å². The third kappa shape index (κ3) is 4.05. The average molecular weight is 400 g/mol. The number of hydrogen-bond donors (Lipinski definition) is 1. The van der Waals surface area contributed by atoms with Crippen LogP contribution < -0.4 is 10.9 Å². The number of hydrogen-bond acceptors (Lipinski definition) is 5. The van der Waals surface area contributed by atoms with Crippen molar-refractivity contribution < 1.29 is 9.32 Å². The monoisotopic (exact) mass is 400 g/mol. The third-order valence-corrected chi connectivity index (χ3v) is 4.71. The summed E-state index contributed by atoms with van der Waals surface area (Å²) in [4.78, 5) is 29.6. The van der Waals surface area contributed by atoms with E-state index >= 15 is 0 Å². The van der Waals surface area contributed by atoms with Crippen LogP contribution in [0, 0.1) is 13.8 Å². The molecule has 0 bridgehead atoms. The van der Waals surface area contributed by atoms with Crippen LogP contribution in [0.5, 0.6) is 0 Å². The van der Waals surface area contributed by atoms with Crippen LogP contribution in [0.4, 0.5) is 5.69 Å². The Morgan fingerprint density at radius 3 is 2.50 bits per heavy atom. The van der Waals surface area contributed by atoms with Gasteiger partial charge in [-0.1, -0.05) is 47.1 Å². The fourth-order valence-corrected chi connectivity index (χ4v) is 3.08. The lowest BCUT2D eigenvalue weighted by Gasteiger charge is -2.08. The molecule has 30 heavy (non-hydrogen) atoms. The number of benzene rings is 2. The molecule has 0 atom stereocenters. The highest BCUT2D eigenvalue weighted by molar-refractivity contribution is 5.90. The van der Waals surface area contributed by atoms with Crippen molar-refractivity contribution in [3.63, 3.8) is 0 Å². The number of pyridine rings is 1. The molecule has 0 unspecified atom stereocenters.